The molecule has 1 aromatic rings. The Morgan fingerprint density at radius 2 is 2.15 bits per heavy atom. The summed E-state index contributed by atoms with van der Waals surface area (Å²) >= 11 is 1.22. The van der Waals surface area contributed by atoms with Crippen LogP contribution < -0.4 is 11.5 Å². The van der Waals surface area contributed by atoms with Crippen molar-refractivity contribution in [3.8, 4) is 6.07 Å². The summed E-state index contributed by atoms with van der Waals surface area (Å²) in [5.41, 5.74) is 9.83. The number of rotatable bonds is 8. The molecule has 1 aliphatic rings. The molecule has 1 amide bonds. The molecule has 9 heteroatoms. The molecule has 148 valence electrons. The number of hydrogen-bond acceptors (Lipinski definition) is 6. The number of hydrogen-bond donors (Lipinski definition) is 2. The van der Waals surface area contributed by atoms with Crippen molar-refractivity contribution in [3.63, 3.8) is 0 Å². The maximum atomic E-state index is 14.2. The Hall–Kier alpha value is -1.63. The quantitative estimate of drug-likeness (QED) is 0.629. The molecule has 2 rings (SSSR count). The lowest BCUT2D eigenvalue weighted by Gasteiger charge is -2.40. The van der Waals surface area contributed by atoms with Gasteiger partial charge in [-0.1, -0.05) is 12.8 Å². The molecule has 2 unspecified atom stereocenters. The van der Waals surface area contributed by atoms with Crippen molar-refractivity contribution in [1.82, 2.24) is 0 Å². The largest absolute Gasteiger partial charge is 0.369 e. The minimum absolute atomic E-state index is 0.106. The van der Waals surface area contributed by atoms with Crippen molar-refractivity contribution in [3.05, 3.63) is 24.0 Å². The van der Waals surface area contributed by atoms with Crippen LogP contribution in [-0.4, -0.2) is 32.4 Å². The fraction of sp³-hybridized carbons (Fsp3) is 0.556. The molecule has 0 saturated heterocycles. The van der Waals surface area contributed by atoms with E-state index in [-0.39, 0.29) is 17.1 Å². The molecule has 1 aromatic carbocycles. The number of sulfone groups is 1. The predicted octanol–water partition coefficient (Wildman–Crippen LogP) is 2.23. The van der Waals surface area contributed by atoms with E-state index in [1.165, 1.54) is 23.9 Å². The molecule has 27 heavy (non-hydrogen) atoms. The first-order valence-corrected chi connectivity index (χ1v) is 11.4. The van der Waals surface area contributed by atoms with Gasteiger partial charge in [-0.05, 0) is 37.0 Å². The van der Waals surface area contributed by atoms with Crippen LogP contribution in [0.15, 0.2) is 28.0 Å². The van der Waals surface area contributed by atoms with E-state index in [0.717, 1.165) is 18.9 Å². The maximum absolute atomic E-state index is 14.2. The normalized spacial score (nSPS) is 22.9. The Balaban J connectivity index is 2.30. The Bertz CT molecular complexity index is 839. The molecule has 1 aliphatic carbocycles. The standard InChI is InChI=1S/C18H24FN3O3S2/c19-15-11-14(4-5-16(15)26-10-9-21)27(24,25)12-13-3-1-2-6-18(13,7-8-20)17(22)23/h4-5,11,13H,1-3,6-7,9-10,12,21H2,(H2,22,23). The summed E-state index contributed by atoms with van der Waals surface area (Å²) in [6.45, 7) is 0.389. The van der Waals surface area contributed by atoms with Gasteiger partial charge >= 0.3 is 0 Å². The van der Waals surface area contributed by atoms with Crippen LogP contribution in [0.5, 0.6) is 0 Å². The van der Waals surface area contributed by atoms with E-state index in [1.807, 2.05) is 6.07 Å². The van der Waals surface area contributed by atoms with Crippen molar-refractivity contribution < 1.29 is 17.6 Å². The van der Waals surface area contributed by atoms with Crippen molar-refractivity contribution in [2.75, 3.05) is 18.1 Å². The lowest BCUT2D eigenvalue weighted by atomic mass is 9.65. The van der Waals surface area contributed by atoms with Gasteiger partial charge in [0.25, 0.3) is 0 Å². The van der Waals surface area contributed by atoms with Gasteiger partial charge in [-0.25, -0.2) is 12.8 Å². The smallest absolute Gasteiger partial charge is 0.224 e. The highest BCUT2D eigenvalue weighted by Crippen LogP contribution is 2.45. The van der Waals surface area contributed by atoms with Gasteiger partial charge in [0.05, 0.1) is 22.1 Å². The number of carbonyl (C=O) groups is 1. The van der Waals surface area contributed by atoms with E-state index in [0.29, 0.717) is 30.0 Å². The SMILES string of the molecule is N#CCC1(C(N)=O)CCCCC1CS(=O)(=O)c1ccc(SCCN)c(F)c1. The third-order valence-electron chi connectivity index (χ3n) is 5.15. The summed E-state index contributed by atoms with van der Waals surface area (Å²) in [6, 6.07) is 5.79. The Morgan fingerprint density at radius 3 is 2.74 bits per heavy atom. The van der Waals surface area contributed by atoms with Gasteiger partial charge in [0.2, 0.25) is 5.91 Å². The molecule has 0 bridgehead atoms. The lowest BCUT2D eigenvalue weighted by molar-refractivity contribution is -0.132. The number of amides is 1. The van der Waals surface area contributed by atoms with Gasteiger partial charge < -0.3 is 11.5 Å². The van der Waals surface area contributed by atoms with Crippen LogP contribution in [0.3, 0.4) is 0 Å². The second kappa shape index (κ2) is 9.04. The number of primary amides is 1. The van der Waals surface area contributed by atoms with Crippen LogP contribution in [0.1, 0.15) is 32.1 Å². The number of nitrogens with zero attached hydrogens (tertiary/aromatic N) is 1. The minimum atomic E-state index is -3.83. The molecule has 6 nitrogen and oxygen atoms in total. The molecule has 0 aliphatic heterocycles. The number of benzene rings is 1. The molecular weight excluding hydrogens is 389 g/mol. The first-order valence-electron chi connectivity index (χ1n) is 8.79. The maximum Gasteiger partial charge on any atom is 0.224 e. The minimum Gasteiger partial charge on any atom is -0.369 e. The third kappa shape index (κ3) is 4.81. The van der Waals surface area contributed by atoms with Crippen molar-refractivity contribution >= 4 is 27.5 Å². The van der Waals surface area contributed by atoms with E-state index >= 15 is 0 Å². The average molecular weight is 414 g/mol. The Labute approximate surface area is 163 Å². The van der Waals surface area contributed by atoms with Crippen LogP contribution in [0.4, 0.5) is 4.39 Å². The van der Waals surface area contributed by atoms with E-state index < -0.39 is 32.9 Å². The molecule has 0 aromatic heterocycles. The molecule has 0 radical (unpaired) electrons. The zero-order chi connectivity index (χ0) is 20.1. The summed E-state index contributed by atoms with van der Waals surface area (Å²) < 4.78 is 40.0. The first kappa shape index (κ1) is 21.7. The van der Waals surface area contributed by atoms with Crippen LogP contribution in [0, 0.1) is 28.5 Å². The zero-order valence-electron chi connectivity index (χ0n) is 15.0. The van der Waals surface area contributed by atoms with Crippen LogP contribution >= 0.6 is 11.8 Å². The Morgan fingerprint density at radius 1 is 1.41 bits per heavy atom. The van der Waals surface area contributed by atoms with E-state index in [2.05, 4.69) is 0 Å². The second-order valence-electron chi connectivity index (χ2n) is 6.81. The monoisotopic (exact) mass is 413 g/mol. The van der Waals surface area contributed by atoms with Crippen molar-refractivity contribution in [1.29, 1.82) is 5.26 Å². The molecular formula is C18H24FN3O3S2. The summed E-state index contributed by atoms with van der Waals surface area (Å²) in [5.74, 6) is -1.60. The second-order valence-corrected chi connectivity index (χ2v) is 9.98. The molecule has 2 atom stereocenters. The summed E-state index contributed by atoms with van der Waals surface area (Å²) in [7, 11) is -3.83. The molecule has 0 heterocycles. The van der Waals surface area contributed by atoms with E-state index in [4.69, 9.17) is 16.7 Å². The average Bonchev–Trinajstić information content (AvgIpc) is 2.62. The van der Waals surface area contributed by atoms with Gasteiger partial charge in [0.15, 0.2) is 9.84 Å². The number of thioether (sulfide) groups is 1. The topological polar surface area (TPSA) is 127 Å². The lowest BCUT2D eigenvalue weighted by Crippen LogP contribution is -2.47. The predicted molar refractivity (Wildman–Crippen MR) is 102 cm³/mol. The van der Waals surface area contributed by atoms with Crippen LogP contribution in [0.25, 0.3) is 0 Å². The number of halogens is 1. The number of carbonyl (C=O) groups excluding carboxylic acids is 1. The van der Waals surface area contributed by atoms with Gasteiger partial charge in [0, 0.05) is 23.6 Å². The molecule has 4 N–H and O–H groups in total. The molecule has 0 spiro atoms. The first-order chi connectivity index (χ1) is 12.8. The zero-order valence-corrected chi connectivity index (χ0v) is 16.6. The Kier molecular flexibility index (Phi) is 7.25. The van der Waals surface area contributed by atoms with Crippen molar-refractivity contribution in [2.24, 2.45) is 22.8 Å². The summed E-state index contributed by atoms with van der Waals surface area (Å²) in [6.07, 6.45) is 2.29. The summed E-state index contributed by atoms with van der Waals surface area (Å²) in [4.78, 5) is 12.3. The highest BCUT2D eigenvalue weighted by atomic mass is 32.2. The summed E-state index contributed by atoms with van der Waals surface area (Å²) in [5, 5.41) is 9.14. The van der Waals surface area contributed by atoms with E-state index in [9.17, 15) is 17.6 Å². The highest BCUT2D eigenvalue weighted by molar-refractivity contribution is 7.99. The van der Waals surface area contributed by atoms with Gasteiger partial charge in [-0.15, -0.1) is 11.8 Å². The molecule has 1 saturated carbocycles. The van der Waals surface area contributed by atoms with Crippen molar-refractivity contribution in [2.45, 2.75) is 41.9 Å². The number of nitriles is 1. The van der Waals surface area contributed by atoms with Gasteiger partial charge in [-0.3, -0.25) is 4.79 Å². The van der Waals surface area contributed by atoms with E-state index in [1.54, 1.807) is 0 Å². The molecule has 1 fully saturated rings. The van der Waals surface area contributed by atoms with Gasteiger partial charge in [-0.2, -0.15) is 5.26 Å². The van der Waals surface area contributed by atoms with Gasteiger partial charge in [0.1, 0.15) is 5.82 Å². The van der Waals surface area contributed by atoms with Crippen LogP contribution in [0.2, 0.25) is 0 Å². The fourth-order valence-electron chi connectivity index (χ4n) is 3.66. The number of nitrogens with two attached hydrogens (primary N) is 2. The fourth-order valence-corrected chi connectivity index (χ4v) is 6.13. The highest BCUT2D eigenvalue weighted by Gasteiger charge is 2.47. The van der Waals surface area contributed by atoms with Crippen LogP contribution in [-0.2, 0) is 14.6 Å². The third-order valence-corrected chi connectivity index (χ3v) is 8.05.